The quantitative estimate of drug-likeness (QED) is 0.580. The molecule has 1 saturated heterocycles. The summed E-state index contributed by atoms with van der Waals surface area (Å²) in [5.41, 5.74) is 13.7. The number of hydrogen-bond donors (Lipinski definition) is 3. The van der Waals surface area contributed by atoms with Crippen molar-refractivity contribution in [1.29, 1.82) is 5.41 Å². The topological polar surface area (TPSA) is 94.7 Å². The molecule has 1 atom stereocenters. The van der Waals surface area contributed by atoms with Crippen LogP contribution in [0.15, 0.2) is 29.3 Å². The zero-order chi connectivity index (χ0) is 16.1. The number of nitrogens with zero attached hydrogens (tertiary/aromatic N) is 3. The Labute approximate surface area is 132 Å². The third-order valence-electron chi connectivity index (χ3n) is 4.13. The molecule has 1 unspecified atom stereocenters. The summed E-state index contributed by atoms with van der Waals surface area (Å²) in [7, 11) is 0. The maximum absolute atomic E-state index is 7.77. The molecule has 2 rings (SSSR count). The number of aryl methyl sites for hydroxylation is 1. The molecule has 1 aromatic rings. The minimum atomic E-state index is -0.121. The summed E-state index contributed by atoms with van der Waals surface area (Å²) in [6.07, 6.45) is 2.36. The summed E-state index contributed by atoms with van der Waals surface area (Å²) in [5, 5.41) is 7.77. The molecule has 0 spiro atoms. The van der Waals surface area contributed by atoms with E-state index in [2.05, 4.69) is 16.8 Å². The van der Waals surface area contributed by atoms with E-state index in [0.717, 1.165) is 30.8 Å². The standard InChI is InChI=1S/C16H26N6/c1-3-21-10-4-5-14(21)11-20-16(19)22(15(17)18)13-8-6-12(2)7-9-13/h6-9,14H,3-5,10-11H2,1-2H3,(H3,17,18)(H2,19,20). The summed E-state index contributed by atoms with van der Waals surface area (Å²) in [5.74, 6) is 0.156. The largest absolute Gasteiger partial charge is 0.369 e. The maximum Gasteiger partial charge on any atom is 0.202 e. The molecule has 1 aliphatic heterocycles. The molecule has 1 heterocycles. The van der Waals surface area contributed by atoms with E-state index in [9.17, 15) is 0 Å². The van der Waals surface area contributed by atoms with Crippen LogP contribution in [0.25, 0.3) is 0 Å². The molecule has 5 N–H and O–H groups in total. The average molecular weight is 302 g/mol. The molecule has 22 heavy (non-hydrogen) atoms. The molecule has 6 heteroatoms. The number of guanidine groups is 2. The van der Waals surface area contributed by atoms with Crippen LogP contribution >= 0.6 is 0 Å². The van der Waals surface area contributed by atoms with Gasteiger partial charge in [-0.25, -0.2) is 0 Å². The lowest BCUT2D eigenvalue weighted by Gasteiger charge is -2.24. The van der Waals surface area contributed by atoms with Crippen molar-refractivity contribution in [1.82, 2.24) is 4.90 Å². The van der Waals surface area contributed by atoms with Crippen molar-refractivity contribution in [2.75, 3.05) is 24.5 Å². The van der Waals surface area contributed by atoms with E-state index in [1.165, 1.54) is 11.3 Å². The lowest BCUT2D eigenvalue weighted by atomic mass is 10.2. The van der Waals surface area contributed by atoms with Gasteiger partial charge in [0.25, 0.3) is 0 Å². The second kappa shape index (κ2) is 7.26. The summed E-state index contributed by atoms with van der Waals surface area (Å²) < 4.78 is 0. The lowest BCUT2D eigenvalue weighted by molar-refractivity contribution is 0.273. The first-order chi connectivity index (χ1) is 10.5. The first-order valence-corrected chi connectivity index (χ1v) is 7.77. The zero-order valence-electron chi connectivity index (χ0n) is 13.4. The molecule has 0 bridgehead atoms. The van der Waals surface area contributed by atoms with E-state index in [4.69, 9.17) is 16.9 Å². The second-order valence-corrected chi connectivity index (χ2v) is 5.68. The Morgan fingerprint density at radius 1 is 1.36 bits per heavy atom. The summed E-state index contributed by atoms with van der Waals surface area (Å²) in [6, 6.07) is 8.17. The van der Waals surface area contributed by atoms with Gasteiger partial charge in [0.1, 0.15) is 0 Å². The molecule has 0 aromatic heterocycles. The van der Waals surface area contributed by atoms with Crippen LogP contribution in [0.5, 0.6) is 0 Å². The number of likely N-dealkylation sites (tertiary alicyclic amines) is 1. The van der Waals surface area contributed by atoms with Gasteiger partial charge in [-0.05, 0) is 45.0 Å². The number of likely N-dealkylation sites (N-methyl/N-ethyl adjacent to an activating group) is 1. The van der Waals surface area contributed by atoms with Gasteiger partial charge < -0.3 is 11.5 Å². The molecule has 0 saturated carbocycles. The third kappa shape index (κ3) is 3.76. The van der Waals surface area contributed by atoms with E-state index >= 15 is 0 Å². The highest BCUT2D eigenvalue weighted by atomic mass is 15.3. The van der Waals surface area contributed by atoms with Crippen LogP contribution in [-0.2, 0) is 0 Å². The molecule has 0 radical (unpaired) electrons. The van der Waals surface area contributed by atoms with Crippen LogP contribution in [0.4, 0.5) is 5.69 Å². The monoisotopic (exact) mass is 302 g/mol. The predicted octanol–water partition coefficient (Wildman–Crippen LogP) is 1.49. The van der Waals surface area contributed by atoms with Crippen LogP contribution in [0, 0.1) is 12.3 Å². The van der Waals surface area contributed by atoms with Crippen molar-refractivity contribution >= 4 is 17.6 Å². The number of nitrogens with two attached hydrogens (primary N) is 2. The fraction of sp³-hybridized carbons (Fsp3) is 0.500. The van der Waals surface area contributed by atoms with Crippen LogP contribution < -0.4 is 16.4 Å². The molecule has 1 aliphatic rings. The maximum atomic E-state index is 7.77. The fourth-order valence-electron chi connectivity index (χ4n) is 2.88. The first-order valence-electron chi connectivity index (χ1n) is 7.77. The normalized spacial score (nSPS) is 19.4. The number of benzene rings is 1. The van der Waals surface area contributed by atoms with E-state index < -0.39 is 0 Å². The highest BCUT2D eigenvalue weighted by Gasteiger charge is 2.23. The van der Waals surface area contributed by atoms with E-state index in [1.54, 1.807) is 0 Å². The number of rotatable bonds is 4. The summed E-state index contributed by atoms with van der Waals surface area (Å²) in [6.45, 7) is 6.99. The summed E-state index contributed by atoms with van der Waals surface area (Å²) >= 11 is 0. The number of anilines is 1. The van der Waals surface area contributed by atoms with Crippen molar-refractivity contribution < 1.29 is 0 Å². The molecular formula is C16H26N6. The van der Waals surface area contributed by atoms with Gasteiger partial charge in [0, 0.05) is 6.04 Å². The van der Waals surface area contributed by atoms with Crippen LogP contribution in [0.2, 0.25) is 0 Å². The van der Waals surface area contributed by atoms with Crippen molar-refractivity contribution in [2.45, 2.75) is 32.7 Å². The number of hydrogen-bond acceptors (Lipinski definition) is 3. The highest BCUT2D eigenvalue weighted by Crippen LogP contribution is 2.18. The van der Waals surface area contributed by atoms with Crippen LogP contribution in [0.3, 0.4) is 0 Å². The molecule has 1 aromatic carbocycles. The zero-order valence-corrected chi connectivity index (χ0v) is 13.4. The van der Waals surface area contributed by atoms with Gasteiger partial charge in [-0.2, -0.15) is 0 Å². The smallest absolute Gasteiger partial charge is 0.202 e. The Morgan fingerprint density at radius 3 is 2.64 bits per heavy atom. The van der Waals surface area contributed by atoms with E-state index in [-0.39, 0.29) is 11.9 Å². The van der Waals surface area contributed by atoms with Crippen LogP contribution in [-0.4, -0.2) is 42.5 Å². The molecule has 0 aliphatic carbocycles. The predicted molar refractivity (Wildman–Crippen MR) is 92.3 cm³/mol. The molecule has 1 fully saturated rings. The Bertz CT molecular complexity index is 536. The fourth-order valence-corrected chi connectivity index (χ4v) is 2.88. The SMILES string of the molecule is CCN1CCCC1CN=C(N)N(C(=N)N)c1ccc(C)cc1. The minimum absolute atomic E-state index is 0.121. The Kier molecular flexibility index (Phi) is 5.38. The van der Waals surface area contributed by atoms with E-state index in [1.807, 2.05) is 31.2 Å². The Balaban J connectivity index is 2.12. The molecular weight excluding hydrogens is 276 g/mol. The molecule has 6 nitrogen and oxygen atoms in total. The number of aliphatic imine (C=N–C) groups is 1. The first kappa shape index (κ1) is 16.3. The van der Waals surface area contributed by atoms with Gasteiger partial charge in [-0.15, -0.1) is 0 Å². The Hall–Kier alpha value is -2.08. The molecule has 120 valence electrons. The average Bonchev–Trinajstić information content (AvgIpc) is 2.94. The van der Waals surface area contributed by atoms with Crippen molar-refractivity contribution in [3.63, 3.8) is 0 Å². The highest BCUT2D eigenvalue weighted by molar-refractivity contribution is 6.15. The molecule has 0 amide bonds. The lowest BCUT2D eigenvalue weighted by Crippen LogP contribution is -2.46. The van der Waals surface area contributed by atoms with Crippen molar-refractivity contribution in [3.8, 4) is 0 Å². The van der Waals surface area contributed by atoms with Gasteiger partial charge in [-0.3, -0.25) is 20.2 Å². The van der Waals surface area contributed by atoms with Crippen LogP contribution in [0.1, 0.15) is 25.3 Å². The summed E-state index contributed by atoms with van der Waals surface area (Å²) in [4.78, 5) is 8.38. The van der Waals surface area contributed by atoms with Crippen molar-refractivity contribution in [3.05, 3.63) is 29.8 Å². The Morgan fingerprint density at radius 2 is 2.05 bits per heavy atom. The van der Waals surface area contributed by atoms with Gasteiger partial charge in [0.2, 0.25) is 5.96 Å². The second-order valence-electron chi connectivity index (χ2n) is 5.68. The minimum Gasteiger partial charge on any atom is -0.369 e. The van der Waals surface area contributed by atoms with Crippen molar-refractivity contribution in [2.24, 2.45) is 16.5 Å². The van der Waals surface area contributed by atoms with Gasteiger partial charge in [0.05, 0.1) is 12.2 Å². The van der Waals surface area contributed by atoms with Gasteiger partial charge >= 0.3 is 0 Å². The van der Waals surface area contributed by atoms with E-state index in [0.29, 0.717) is 12.6 Å². The number of nitrogens with one attached hydrogen (secondary N) is 1. The third-order valence-corrected chi connectivity index (χ3v) is 4.13. The van der Waals surface area contributed by atoms with Gasteiger partial charge in [0.15, 0.2) is 5.96 Å². The van der Waals surface area contributed by atoms with Gasteiger partial charge in [-0.1, -0.05) is 24.6 Å².